The molecular formula is C28H31N3O4. The van der Waals surface area contributed by atoms with E-state index in [0.29, 0.717) is 30.1 Å². The number of nitrogens with one attached hydrogen (secondary N) is 2. The van der Waals surface area contributed by atoms with Gasteiger partial charge in [0.05, 0.1) is 6.26 Å². The second-order valence-electron chi connectivity index (χ2n) is 10.2. The number of amides is 4. The molecular weight excluding hydrogens is 442 g/mol. The number of fused-ring (bicyclic) bond motifs is 1. The van der Waals surface area contributed by atoms with E-state index >= 15 is 0 Å². The molecule has 1 atom stereocenters. The summed E-state index contributed by atoms with van der Waals surface area (Å²) in [7, 11) is 0. The van der Waals surface area contributed by atoms with E-state index in [0.717, 1.165) is 18.4 Å². The van der Waals surface area contributed by atoms with Gasteiger partial charge in [-0.15, -0.1) is 0 Å². The minimum absolute atomic E-state index is 0.0163. The highest BCUT2D eigenvalue weighted by Gasteiger charge is 2.50. The number of rotatable bonds is 4. The molecule has 0 saturated carbocycles. The smallest absolute Gasteiger partial charge is 0.322 e. The number of piperidine rings is 1. The summed E-state index contributed by atoms with van der Waals surface area (Å²) in [5.74, 6) is -0.172. The zero-order chi connectivity index (χ0) is 24.9. The Balaban J connectivity index is 1.30. The molecule has 3 heterocycles. The standard InChI is InChI=1S/C28H31N3O4/c1-16(2)28(26(33)29-27(34)30-28)21-7-5-20(6-8-21)25(32)31-11-9-19(10-12-31)22-15-35-23-14-17(3)13-18(4)24(22)23/h5-8,13-16,19H,9-12H2,1-4H3,(H2,29,30,33,34)/t28-/m1/s1. The number of nitrogens with zero attached hydrogens (tertiary/aromatic N) is 1. The molecule has 0 spiro atoms. The summed E-state index contributed by atoms with van der Waals surface area (Å²) in [6.07, 6.45) is 3.66. The Hall–Kier alpha value is -3.61. The van der Waals surface area contributed by atoms with Gasteiger partial charge in [-0.05, 0) is 73.4 Å². The van der Waals surface area contributed by atoms with Gasteiger partial charge in [-0.2, -0.15) is 0 Å². The predicted octanol–water partition coefficient (Wildman–Crippen LogP) is 4.76. The number of imide groups is 1. The van der Waals surface area contributed by atoms with Crippen LogP contribution >= 0.6 is 0 Å². The van der Waals surface area contributed by atoms with Crippen LogP contribution in [0.2, 0.25) is 0 Å². The van der Waals surface area contributed by atoms with Crippen molar-refractivity contribution in [3.8, 4) is 0 Å². The van der Waals surface area contributed by atoms with E-state index in [1.54, 1.807) is 24.3 Å². The zero-order valence-corrected chi connectivity index (χ0v) is 20.6. The fourth-order valence-electron chi connectivity index (χ4n) is 5.74. The fourth-order valence-corrected chi connectivity index (χ4v) is 5.74. The second-order valence-corrected chi connectivity index (χ2v) is 10.2. The van der Waals surface area contributed by atoms with Crippen molar-refractivity contribution in [1.29, 1.82) is 0 Å². The van der Waals surface area contributed by atoms with Crippen molar-refractivity contribution in [2.45, 2.75) is 52.0 Å². The van der Waals surface area contributed by atoms with E-state index in [9.17, 15) is 14.4 Å². The van der Waals surface area contributed by atoms with E-state index in [-0.39, 0.29) is 17.7 Å². The highest BCUT2D eigenvalue weighted by Crippen LogP contribution is 2.37. The van der Waals surface area contributed by atoms with Crippen LogP contribution in [0.25, 0.3) is 11.0 Å². The summed E-state index contributed by atoms with van der Waals surface area (Å²) >= 11 is 0. The molecule has 7 heteroatoms. The molecule has 3 aromatic rings. The number of carbonyl (C=O) groups is 3. The minimum Gasteiger partial charge on any atom is -0.464 e. The van der Waals surface area contributed by atoms with E-state index in [1.807, 2.05) is 25.0 Å². The molecule has 0 unspecified atom stereocenters. The van der Waals surface area contributed by atoms with Gasteiger partial charge in [-0.1, -0.05) is 32.0 Å². The summed E-state index contributed by atoms with van der Waals surface area (Å²) < 4.78 is 5.86. The van der Waals surface area contributed by atoms with Gasteiger partial charge in [0.25, 0.3) is 11.8 Å². The topological polar surface area (TPSA) is 91.7 Å². The fraction of sp³-hybridized carbons (Fsp3) is 0.393. The molecule has 5 rings (SSSR count). The summed E-state index contributed by atoms with van der Waals surface area (Å²) in [4.78, 5) is 39.5. The number of furan rings is 1. The number of hydrogen-bond donors (Lipinski definition) is 2. The quantitative estimate of drug-likeness (QED) is 0.535. The first-order chi connectivity index (χ1) is 16.7. The Bertz CT molecular complexity index is 1320. The van der Waals surface area contributed by atoms with Crippen molar-refractivity contribution in [3.05, 3.63) is 70.5 Å². The first kappa shape index (κ1) is 23.1. The molecule has 0 radical (unpaired) electrons. The predicted molar refractivity (Wildman–Crippen MR) is 133 cm³/mol. The molecule has 7 nitrogen and oxygen atoms in total. The van der Waals surface area contributed by atoms with Crippen LogP contribution in [-0.2, 0) is 10.3 Å². The number of benzene rings is 2. The van der Waals surface area contributed by atoms with Crippen LogP contribution in [0.3, 0.4) is 0 Å². The highest BCUT2D eigenvalue weighted by molar-refractivity contribution is 6.07. The molecule has 182 valence electrons. The van der Waals surface area contributed by atoms with Gasteiger partial charge in [0.2, 0.25) is 0 Å². The third-order valence-electron chi connectivity index (χ3n) is 7.62. The number of carbonyl (C=O) groups excluding carboxylic acids is 3. The number of hydrogen-bond acceptors (Lipinski definition) is 4. The maximum absolute atomic E-state index is 13.2. The first-order valence-corrected chi connectivity index (χ1v) is 12.2. The first-order valence-electron chi connectivity index (χ1n) is 12.2. The Morgan fingerprint density at radius 2 is 1.77 bits per heavy atom. The maximum atomic E-state index is 13.2. The summed E-state index contributed by atoms with van der Waals surface area (Å²) in [6.45, 7) is 9.34. The average Bonchev–Trinajstić information content (AvgIpc) is 3.39. The van der Waals surface area contributed by atoms with E-state index < -0.39 is 11.6 Å². The van der Waals surface area contributed by atoms with Crippen LogP contribution in [0.15, 0.2) is 47.1 Å². The normalized spacial score (nSPS) is 21.0. The van der Waals surface area contributed by atoms with Crippen LogP contribution in [0, 0.1) is 19.8 Å². The van der Waals surface area contributed by atoms with Gasteiger partial charge < -0.3 is 14.6 Å². The second kappa shape index (κ2) is 8.56. The van der Waals surface area contributed by atoms with Crippen LogP contribution < -0.4 is 10.6 Å². The number of likely N-dealkylation sites (tertiary alicyclic amines) is 1. The Morgan fingerprint density at radius 3 is 2.37 bits per heavy atom. The number of aryl methyl sites for hydroxylation is 2. The summed E-state index contributed by atoms with van der Waals surface area (Å²) in [6, 6.07) is 10.8. The van der Waals surface area contributed by atoms with Crippen molar-refractivity contribution in [3.63, 3.8) is 0 Å². The Labute approximate surface area is 204 Å². The lowest BCUT2D eigenvalue weighted by molar-refractivity contribution is -0.125. The molecule has 2 N–H and O–H groups in total. The van der Waals surface area contributed by atoms with Gasteiger partial charge in [0.15, 0.2) is 0 Å². The highest BCUT2D eigenvalue weighted by atomic mass is 16.3. The van der Waals surface area contributed by atoms with Gasteiger partial charge >= 0.3 is 6.03 Å². The van der Waals surface area contributed by atoms with Gasteiger partial charge in [-0.25, -0.2) is 4.79 Å². The molecule has 1 aromatic heterocycles. The molecule has 2 aromatic carbocycles. The van der Waals surface area contributed by atoms with E-state index in [1.165, 1.54) is 22.1 Å². The Morgan fingerprint density at radius 1 is 1.09 bits per heavy atom. The van der Waals surface area contributed by atoms with Crippen molar-refractivity contribution in [2.75, 3.05) is 13.1 Å². The maximum Gasteiger partial charge on any atom is 0.322 e. The van der Waals surface area contributed by atoms with Gasteiger partial charge in [0.1, 0.15) is 11.1 Å². The van der Waals surface area contributed by atoms with Gasteiger partial charge in [0, 0.05) is 29.6 Å². The van der Waals surface area contributed by atoms with Crippen molar-refractivity contribution >= 4 is 28.8 Å². The van der Waals surface area contributed by atoms with Crippen molar-refractivity contribution < 1.29 is 18.8 Å². The summed E-state index contributed by atoms with van der Waals surface area (Å²) in [5.41, 5.74) is 4.72. The van der Waals surface area contributed by atoms with Crippen LogP contribution in [0.5, 0.6) is 0 Å². The third-order valence-corrected chi connectivity index (χ3v) is 7.62. The lowest BCUT2D eigenvalue weighted by Gasteiger charge is -2.33. The lowest BCUT2D eigenvalue weighted by atomic mass is 9.79. The van der Waals surface area contributed by atoms with Crippen molar-refractivity contribution in [2.24, 2.45) is 5.92 Å². The molecule has 0 bridgehead atoms. The average molecular weight is 474 g/mol. The van der Waals surface area contributed by atoms with Crippen LogP contribution in [0.1, 0.15) is 65.2 Å². The third kappa shape index (κ3) is 3.79. The molecule has 2 fully saturated rings. The van der Waals surface area contributed by atoms with Crippen molar-refractivity contribution in [1.82, 2.24) is 15.5 Å². The molecule has 2 aliphatic heterocycles. The zero-order valence-electron chi connectivity index (χ0n) is 20.6. The summed E-state index contributed by atoms with van der Waals surface area (Å²) in [5, 5.41) is 6.33. The van der Waals surface area contributed by atoms with E-state index in [2.05, 4.69) is 36.6 Å². The van der Waals surface area contributed by atoms with Crippen LogP contribution in [0.4, 0.5) is 4.79 Å². The molecule has 35 heavy (non-hydrogen) atoms. The SMILES string of the molecule is Cc1cc(C)c2c(C3CCN(C(=O)c4ccc([C@@]5(C(C)C)NC(=O)NC5=O)cc4)CC3)coc2c1. The molecule has 0 aliphatic carbocycles. The Kier molecular flexibility index (Phi) is 5.66. The molecule has 2 saturated heterocycles. The van der Waals surface area contributed by atoms with Crippen LogP contribution in [-0.4, -0.2) is 35.8 Å². The molecule has 4 amide bonds. The monoisotopic (exact) mass is 473 g/mol. The minimum atomic E-state index is -1.12. The van der Waals surface area contributed by atoms with Gasteiger partial charge in [-0.3, -0.25) is 14.9 Å². The largest absolute Gasteiger partial charge is 0.464 e. The molecule has 2 aliphatic rings. The number of urea groups is 1. The lowest BCUT2D eigenvalue weighted by Crippen LogP contribution is -2.48. The van der Waals surface area contributed by atoms with E-state index in [4.69, 9.17) is 4.42 Å².